The normalized spacial score (nSPS) is 11.8. The Morgan fingerprint density at radius 1 is 1.20 bits per heavy atom. The minimum Gasteiger partial charge on any atom is -0.481 e. The number of aromatic nitrogens is 1. The quantitative estimate of drug-likeness (QED) is 0.642. The molecule has 0 bridgehead atoms. The zero-order chi connectivity index (χ0) is 17.6. The summed E-state index contributed by atoms with van der Waals surface area (Å²) in [7, 11) is 0. The molecule has 0 fully saturated rings. The summed E-state index contributed by atoms with van der Waals surface area (Å²) in [4.78, 5) is 16.9. The van der Waals surface area contributed by atoms with Crippen molar-refractivity contribution in [1.29, 1.82) is 0 Å². The molecule has 1 amide bonds. The summed E-state index contributed by atoms with van der Waals surface area (Å²) < 4.78 is 5.75. The highest BCUT2D eigenvalue weighted by Crippen LogP contribution is 2.26. The van der Waals surface area contributed by atoms with Crippen LogP contribution in [0.1, 0.15) is 13.3 Å². The third-order valence-corrected chi connectivity index (χ3v) is 4.57. The van der Waals surface area contributed by atoms with Gasteiger partial charge < -0.3 is 4.74 Å². The molecule has 0 spiro atoms. The summed E-state index contributed by atoms with van der Waals surface area (Å²) in [6.45, 7) is 1.91. The van der Waals surface area contributed by atoms with Crippen LogP contribution in [0.3, 0.4) is 0 Å². The third kappa shape index (κ3) is 4.59. The van der Waals surface area contributed by atoms with E-state index in [1.54, 1.807) is 0 Å². The van der Waals surface area contributed by atoms with Gasteiger partial charge in [0.1, 0.15) is 5.75 Å². The number of benzene rings is 2. The van der Waals surface area contributed by atoms with Crippen molar-refractivity contribution in [3.8, 4) is 17.0 Å². The molecule has 1 heterocycles. The van der Waals surface area contributed by atoms with E-state index >= 15 is 0 Å². The standard InChI is InChI=1S/C19H17ClN2O2S/c1-2-17(24-15-6-4-3-5-7-15)18(23)22-19-21-16(12-25-19)13-8-10-14(20)11-9-13/h3-12,17H,2H2,1H3,(H,21,22,23)/t17-/m1/s1. The van der Waals surface area contributed by atoms with Gasteiger partial charge in [-0.25, -0.2) is 4.98 Å². The van der Waals surface area contributed by atoms with Crippen LogP contribution in [-0.2, 0) is 4.79 Å². The van der Waals surface area contributed by atoms with Crippen LogP contribution >= 0.6 is 22.9 Å². The number of thiazole rings is 1. The van der Waals surface area contributed by atoms with E-state index in [1.807, 2.05) is 66.9 Å². The van der Waals surface area contributed by atoms with Crippen LogP contribution in [0.15, 0.2) is 60.0 Å². The molecule has 25 heavy (non-hydrogen) atoms. The number of ether oxygens (including phenoxy) is 1. The highest BCUT2D eigenvalue weighted by atomic mass is 35.5. The van der Waals surface area contributed by atoms with Crippen molar-refractivity contribution >= 4 is 34.0 Å². The number of para-hydroxylation sites is 1. The van der Waals surface area contributed by atoms with E-state index in [1.165, 1.54) is 11.3 Å². The van der Waals surface area contributed by atoms with Crippen LogP contribution in [0.25, 0.3) is 11.3 Å². The van der Waals surface area contributed by atoms with Gasteiger partial charge in [-0.2, -0.15) is 0 Å². The maximum atomic E-state index is 12.5. The number of hydrogen-bond acceptors (Lipinski definition) is 4. The molecule has 4 nitrogen and oxygen atoms in total. The van der Waals surface area contributed by atoms with E-state index in [0.717, 1.165) is 11.3 Å². The predicted molar refractivity (Wildman–Crippen MR) is 102 cm³/mol. The van der Waals surface area contributed by atoms with Crippen LogP contribution in [0.2, 0.25) is 5.02 Å². The molecule has 3 aromatic rings. The van der Waals surface area contributed by atoms with Crippen LogP contribution in [0.5, 0.6) is 5.75 Å². The predicted octanol–water partition coefficient (Wildman–Crippen LogP) is 5.26. The molecule has 0 saturated heterocycles. The minimum absolute atomic E-state index is 0.205. The lowest BCUT2D eigenvalue weighted by molar-refractivity contribution is -0.122. The molecule has 0 saturated carbocycles. The lowest BCUT2D eigenvalue weighted by atomic mass is 10.2. The van der Waals surface area contributed by atoms with Gasteiger partial charge in [0.15, 0.2) is 11.2 Å². The molecule has 2 aromatic carbocycles. The summed E-state index contributed by atoms with van der Waals surface area (Å²) in [6, 6.07) is 16.7. The van der Waals surface area contributed by atoms with E-state index in [0.29, 0.717) is 22.3 Å². The van der Waals surface area contributed by atoms with Crippen LogP contribution in [-0.4, -0.2) is 17.0 Å². The van der Waals surface area contributed by atoms with Gasteiger partial charge in [-0.05, 0) is 30.7 Å². The van der Waals surface area contributed by atoms with Gasteiger partial charge in [-0.1, -0.05) is 48.9 Å². The van der Waals surface area contributed by atoms with E-state index in [9.17, 15) is 4.79 Å². The summed E-state index contributed by atoms with van der Waals surface area (Å²) in [5, 5.41) is 5.96. The van der Waals surface area contributed by atoms with Crippen molar-refractivity contribution in [2.75, 3.05) is 5.32 Å². The third-order valence-electron chi connectivity index (χ3n) is 3.56. The van der Waals surface area contributed by atoms with Crippen molar-refractivity contribution in [2.24, 2.45) is 0 Å². The Hall–Kier alpha value is -2.37. The van der Waals surface area contributed by atoms with Gasteiger partial charge in [-0.3, -0.25) is 10.1 Å². The highest BCUT2D eigenvalue weighted by Gasteiger charge is 2.19. The van der Waals surface area contributed by atoms with Crippen molar-refractivity contribution in [2.45, 2.75) is 19.4 Å². The zero-order valence-corrected chi connectivity index (χ0v) is 15.2. The average molecular weight is 373 g/mol. The summed E-state index contributed by atoms with van der Waals surface area (Å²) in [6.07, 6.45) is 0.00107. The molecule has 1 N–H and O–H groups in total. The van der Waals surface area contributed by atoms with Gasteiger partial charge in [0, 0.05) is 16.0 Å². The molecule has 0 aliphatic rings. The van der Waals surface area contributed by atoms with Crippen molar-refractivity contribution < 1.29 is 9.53 Å². The first kappa shape index (κ1) is 17.5. The van der Waals surface area contributed by atoms with Crippen molar-refractivity contribution in [3.63, 3.8) is 0 Å². The largest absolute Gasteiger partial charge is 0.481 e. The molecule has 3 rings (SSSR count). The Kier molecular flexibility index (Phi) is 5.68. The number of carbonyl (C=O) groups excluding carboxylic acids is 1. The number of nitrogens with one attached hydrogen (secondary N) is 1. The Morgan fingerprint density at radius 2 is 1.92 bits per heavy atom. The summed E-state index contributed by atoms with van der Waals surface area (Å²) in [5.41, 5.74) is 1.75. The number of anilines is 1. The minimum atomic E-state index is -0.565. The monoisotopic (exact) mass is 372 g/mol. The Balaban J connectivity index is 1.67. The molecule has 0 radical (unpaired) electrons. The topological polar surface area (TPSA) is 51.2 Å². The molecule has 6 heteroatoms. The maximum Gasteiger partial charge on any atom is 0.267 e. The second kappa shape index (κ2) is 8.14. The van der Waals surface area contributed by atoms with Gasteiger partial charge in [-0.15, -0.1) is 11.3 Å². The molecule has 0 unspecified atom stereocenters. The van der Waals surface area contributed by atoms with Gasteiger partial charge >= 0.3 is 0 Å². The van der Waals surface area contributed by atoms with Crippen molar-refractivity contribution in [3.05, 3.63) is 65.0 Å². The molecule has 0 aliphatic heterocycles. The molecule has 0 aliphatic carbocycles. The van der Waals surface area contributed by atoms with E-state index < -0.39 is 6.10 Å². The zero-order valence-electron chi connectivity index (χ0n) is 13.6. The maximum absolute atomic E-state index is 12.5. The van der Waals surface area contributed by atoms with Crippen LogP contribution in [0, 0.1) is 0 Å². The number of rotatable bonds is 6. The first-order chi connectivity index (χ1) is 12.2. The number of halogens is 1. The molecule has 128 valence electrons. The second-order valence-electron chi connectivity index (χ2n) is 5.36. The Morgan fingerprint density at radius 3 is 2.60 bits per heavy atom. The highest BCUT2D eigenvalue weighted by molar-refractivity contribution is 7.14. The number of amides is 1. The molecule has 1 atom stereocenters. The smallest absolute Gasteiger partial charge is 0.267 e. The fraction of sp³-hybridized carbons (Fsp3) is 0.158. The van der Waals surface area contributed by atoms with Gasteiger partial charge in [0.25, 0.3) is 5.91 Å². The molecule has 1 aromatic heterocycles. The number of nitrogens with zero attached hydrogens (tertiary/aromatic N) is 1. The van der Waals surface area contributed by atoms with E-state index in [2.05, 4.69) is 10.3 Å². The van der Waals surface area contributed by atoms with Crippen LogP contribution < -0.4 is 10.1 Å². The Bertz CT molecular complexity index is 834. The fourth-order valence-corrected chi connectivity index (χ4v) is 3.10. The lowest BCUT2D eigenvalue weighted by Gasteiger charge is -2.16. The average Bonchev–Trinajstić information content (AvgIpc) is 3.09. The fourth-order valence-electron chi connectivity index (χ4n) is 2.26. The van der Waals surface area contributed by atoms with E-state index in [-0.39, 0.29) is 5.91 Å². The summed E-state index contributed by atoms with van der Waals surface area (Å²) in [5.74, 6) is 0.467. The van der Waals surface area contributed by atoms with Crippen LogP contribution in [0.4, 0.5) is 5.13 Å². The number of hydrogen-bond donors (Lipinski definition) is 1. The first-order valence-electron chi connectivity index (χ1n) is 7.89. The SMILES string of the molecule is CC[C@@H](Oc1ccccc1)C(=O)Nc1nc(-c2ccc(Cl)cc2)cs1. The Labute approximate surface area is 155 Å². The van der Waals surface area contributed by atoms with Gasteiger partial charge in [0.2, 0.25) is 0 Å². The molecular formula is C19H17ClN2O2S. The summed E-state index contributed by atoms with van der Waals surface area (Å²) >= 11 is 7.28. The van der Waals surface area contributed by atoms with Gasteiger partial charge in [0.05, 0.1) is 5.69 Å². The second-order valence-corrected chi connectivity index (χ2v) is 6.66. The van der Waals surface area contributed by atoms with E-state index in [4.69, 9.17) is 16.3 Å². The molecular weight excluding hydrogens is 356 g/mol. The van der Waals surface area contributed by atoms with Crippen molar-refractivity contribution in [1.82, 2.24) is 4.98 Å². The number of carbonyl (C=O) groups is 1. The first-order valence-corrected chi connectivity index (χ1v) is 9.15. The lowest BCUT2D eigenvalue weighted by Crippen LogP contribution is -2.32.